The van der Waals surface area contributed by atoms with E-state index in [2.05, 4.69) is 0 Å². The van der Waals surface area contributed by atoms with Gasteiger partial charge in [0.05, 0.1) is 21.3 Å². The molecule has 4 nitrogen and oxygen atoms in total. The predicted octanol–water partition coefficient (Wildman–Crippen LogP) is 5.10. The number of methoxy groups -OCH3 is 3. The summed E-state index contributed by atoms with van der Waals surface area (Å²) in [6.07, 6.45) is 1.36. The van der Waals surface area contributed by atoms with E-state index < -0.39 is 5.83 Å². The molecule has 3 rings (SSSR count). The highest BCUT2D eigenvalue weighted by Gasteiger charge is 2.15. The molecule has 0 aliphatic carbocycles. The van der Waals surface area contributed by atoms with Crippen LogP contribution in [-0.4, -0.2) is 26.4 Å². The second kappa shape index (κ2) is 7.03. The second-order valence-electron chi connectivity index (χ2n) is 5.28. The van der Waals surface area contributed by atoms with E-state index in [4.69, 9.17) is 14.2 Å². The number of halogens is 1. The average molecular weight is 360 g/mol. The molecule has 0 saturated carbocycles. The lowest BCUT2D eigenvalue weighted by Crippen LogP contribution is -1.96. The third kappa shape index (κ3) is 3.25. The molecular weight excluding hydrogens is 343 g/mol. The van der Waals surface area contributed by atoms with Crippen molar-refractivity contribution in [2.24, 2.45) is 0 Å². The van der Waals surface area contributed by atoms with Crippen molar-refractivity contribution in [3.8, 4) is 23.0 Å². The van der Waals surface area contributed by atoms with E-state index in [9.17, 15) is 9.50 Å². The second-order valence-corrected chi connectivity index (χ2v) is 6.23. The molecule has 1 aromatic heterocycles. The van der Waals surface area contributed by atoms with Crippen molar-refractivity contribution in [1.82, 2.24) is 0 Å². The zero-order valence-electron chi connectivity index (χ0n) is 14.0. The van der Waals surface area contributed by atoms with Crippen molar-refractivity contribution in [2.75, 3.05) is 21.3 Å². The Labute approximate surface area is 148 Å². The Hall–Kier alpha value is -2.73. The Kier molecular flexibility index (Phi) is 4.81. The van der Waals surface area contributed by atoms with Crippen LogP contribution in [0.4, 0.5) is 4.39 Å². The highest BCUT2D eigenvalue weighted by Crippen LogP contribution is 2.40. The van der Waals surface area contributed by atoms with Gasteiger partial charge in [-0.3, -0.25) is 0 Å². The first-order valence-corrected chi connectivity index (χ1v) is 8.33. The first kappa shape index (κ1) is 17.1. The zero-order valence-corrected chi connectivity index (χ0v) is 14.8. The molecule has 0 radical (unpaired) electrons. The standard InChI is InChI=1S/C19H17FO4S/c1-22-16-9-12(10-17(23-2)19(16)24-3)14(20)6-11-7-15(21)13-4-5-25-18(13)8-11/h4-10,21H,1-3H3/b14-6-. The van der Waals surface area contributed by atoms with Crippen LogP contribution < -0.4 is 14.2 Å². The molecule has 1 N–H and O–H groups in total. The molecule has 1 heterocycles. The van der Waals surface area contributed by atoms with Crippen LogP contribution in [0.5, 0.6) is 23.0 Å². The third-order valence-electron chi connectivity index (χ3n) is 3.81. The van der Waals surface area contributed by atoms with Crippen LogP contribution in [0.15, 0.2) is 35.7 Å². The van der Waals surface area contributed by atoms with Gasteiger partial charge in [0.2, 0.25) is 5.75 Å². The summed E-state index contributed by atoms with van der Waals surface area (Å²) in [6, 6.07) is 8.27. The molecule has 6 heteroatoms. The quantitative estimate of drug-likeness (QED) is 0.643. The Morgan fingerprint density at radius 3 is 2.32 bits per heavy atom. The van der Waals surface area contributed by atoms with Gasteiger partial charge in [-0.1, -0.05) is 0 Å². The lowest BCUT2D eigenvalue weighted by Gasteiger charge is -2.13. The predicted molar refractivity (Wildman–Crippen MR) is 98.6 cm³/mol. The number of thiophene rings is 1. The largest absolute Gasteiger partial charge is 0.507 e. The monoisotopic (exact) mass is 360 g/mol. The number of phenolic OH excluding ortho intramolecular Hbond substituents is 1. The van der Waals surface area contributed by atoms with Crippen LogP contribution in [0.3, 0.4) is 0 Å². The summed E-state index contributed by atoms with van der Waals surface area (Å²) >= 11 is 1.49. The van der Waals surface area contributed by atoms with Gasteiger partial charge in [0, 0.05) is 15.6 Å². The highest BCUT2D eigenvalue weighted by molar-refractivity contribution is 7.17. The first-order chi connectivity index (χ1) is 12.1. The number of phenols is 1. The minimum Gasteiger partial charge on any atom is -0.507 e. The molecule has 0 spiro atoms. The fourth-order valence-corrected chi connectivity index (χ4v) is 3.46. The van der Waals surface area contributed by atoms with Crippen LogP contribution in [-0.2, 0) is 0 Å². The van der Waals surface area contributed by atoms with E-state index in [-0.39, 0.29) is 5.75 Å². The number of benzene rings is 2. The van der Waals surface area contributed by atoms with E-state index in [1.807, 2.05) is 17.5 Å². The Morgan fingerprint density at radius 2 is 1.72 bits per heavy atom. The number of hydrogen-bond donors (Lipinski definition) is 1. The number of rotatable bonds is 5. The van der Waals surface area contributed by atoms with Gasteiger partial charge in [0.15, 0.2) is 11.5 Å². The Morgan fingerprint density at radius 1 is 1.04 bits per heavy atom. The maximum atomic E-state index is 14.8. The van der Waals surface area contributed by atoms with Gasteiger partial charge in [-0.25, -0.2) is 4.39 Å². The fourth-order valence-electron chi connectivity index (χ4n) is 2.60. The highest BCUT2D eigenvalue weighted by atomic mass is 32.1. The van der Waals surface area contributed by atoms with Gasteiger partial charge in [-0.05, 0) is 47.4 Å². The normalized spacial score (nSPS) is 11.6. The summed E-state index contributed by atoms with van der Waals surface area (Å²) in [6.45, 7) is 0. The summed E-state index contributed by atoms with van der Waals surface area (Å²) in [7, 11) is 4.45. The number of hydrogen-bond acceptors (Lipinski definition) is 5. The topological polar surface area (TPSA) is 47.9 Å². The average Bonchev–Trinajstić information content (AvgIpc) is 3.09. The molecule has 0 fully saturated rings. The maximum Gasteiger partial charge on any atom is 0.203 e. The van der Waals surface area contributed by atoms with Gasteiger partial charge in [0.1, 0.15) is 11.6 Å². The lowest BCUT2D eigenvalue weighted by atomic mass is 10.1. The van der Waals surface area contributed by atoms with E-state index in [0.717, 1.165) is 10.1 Å². The van der Waals surface area contributed by atoms with E-state index >= 15 is 0 Å². The van der Waals surface area contributed by atoms with E-state index in [1.165, 1.54) is 56.9 Å². The molecule has 0 aliphatic heterocycles. The summed E-state index contributed by atoms with van der Waals surface area (Å²) in [5.74, 6) is 0.797. The van der Waals surface area contributed by atoms with Gasteiger partial charge in [0.25, 0.3) is 0 Å². The molecule has 130 valence electrons. The van der Waals surface area contributed by atoms with Crippen LogP contribution in [0, 0.1) is 0 Å². The van der Waals surface area contributed by atoms with Crippen molar-refractivity contribution >= 4 is 33.3 Å². The van der Waals surface area contributed by atoms with Gasteiger partial charge < -0.3 is 19.3 Å². The number of aromatic hydroxyl groups is 1. The van der Waals surface area contributed by atoms with Crippen LogP contribution in [0.2, 0.25) is 0 Å². The maximum absolute atomic E-state index is 14.8. The van der Waals surface area contributed by atoms with Crippen molar-refractivity contribution in [3.63, 3.8) is 0 Å². The SMILES string of the molecule is COc1cc(/C(F)=C/c2cc(O)c3ccsc3c2)cc(OC)c1OC. The molecule has 0 amide bonds. The fraction of sp³-hybridized carbons (Fsp3) is 0.158. The molecule has 0 bridgehead atoms. The molecule has 3 aromatic rings. The summed E-state index contributed by atoms with van der Waals surface area (Å²) < 4.78 is 31.4. The molecule has 2 aromatic carbocycles. The summed E-state index contributed by atoms with van der Waals surface area (Å²) in [4.78, 5) is 0. The van der Waals surface area contributed by atoms with Crippen LogP contribution >= 0.6 is 11.3 Å². The van der Waals surface area contributed by atoms with Crippen molar-refractivity contribution in [1.29, 1.82) is 0 Å². The van der Waals surface area contributed by atoms with E-state index in [1.54, 1.807) is 0 Å². The van der Waals surface area contributed by atoms with Crippen LogP contribution in [0.1, 0.15) is 11.1 Å². The first-order valence-electron chi connectivity index (χ1n) is 7.45. The van der Waals surface area contributed by atoms with Gasteiger partial charge in [-0.2, -0.15) is 0 Å². The molecule has 0 atom stereocenters. The summed E-state index contributed by atoms with van der Waals surface area (Å²) in [5.41, 5.74) is 0.860. The smallest absolute Gasteiger partial charge is 0.203 e. The molecule has 25 heavy (non-hydrogen) atoms. The summed E-state index contributed by atoms with van der Waals surface area (Å²) in [5, 5.41) is 12.7. The van der Waals surface area contributed by atoms with Crippen molar-refractivity contribution in [3.05, 3.63) is 46.8 Å². The number of ether oxygens (including phenoxy) is 3. The molecular formula is C19H17FO4S. The van der Waals surface area contributed by atoms with E-state index in [0.29, 0.717) is 28.4 Å². The van der Waals surface area contributed by atoms with Crippen molar-refractivity contribution < 1.29 is 23.7 Å². The zero-order chi connectivity index (χ0) is 18.0. The minimum absolute atomic E-state index is 0.127. The van der Waals surface area contributed by atoms with Gasteiger partial charge in [-0.15, -0.1) is 11.3 Å². The lowest BCUT2D eigenvalue weighted by molar-refractivity contribution is 0.324. The molecule has 0 saturated heterocycles. The molecule has 0 aliphatic rings. The van der Waals surface area contributed by atoms with Crippen LogP contribution in [0.25, 0.3) is 22.0 Å². The Bertz CT molecular complexity index is 921. The number of fused-ring (bicyclic) bond motifs is 1. The minimum atomic E-state index is -0.477. The third-order valence-corrected chi connectivity index (χ3v) is 4.67. The van der Waals surface area contributed by atoms with Gasteiger partial charge >= 0.3 is 0 Å². The molecule has 0 unspecified atom stereocenters. The van der Waals surface area contributed by atoms with Crippen molar-refractivity contribution in [2.45, 2.75) is 0 Å². The Balaban J connectivity index is 2.06.